The number of nitrogens with two attached hydrogens (primary N) is 1. The fourth-order valence-corrected chi connectivity index (χ4v) is 2.79. The zero-order chi connectivity index (χ0) is 13.5. The van der Waals surface area contributed by atoms with Gasteiger partial charge in [0.1, 0.15) is 12.4 Å². The molecular weight excluding hydrogens is 236 g/mol. The van der Waals surface area contributed by atoms with Crippen molar-refractivity contribution in [2.45, 2.75) is 32.7 Å². The molecule has 1 aromatic rings. The summed E-state index contributed by atoms with van der Waals surface area (Å²) in [5.41, 5.74) is 6.80. The Kier molecular flexibility index (Phi) is 5.67. The van der Waals surface area contributed by atoms with Crippen LogP contribution < -0.4 is 10.5 Å². The lowest BCUT2D eigenvalue weighted by molar-refractivity contribution is 0.144. The first-order valence-electron chi connectivity index (χ1n) is 7.46. The van der Waals surface area contributed by atoms with Gasteiger partial charge in [-0.3, -0.25) is 4.90 Å². The molecule has 1 aliphatic heterocycles. The minimum Gasteiger partial charge on any atom is -0.492 e. The van der Waals surface area contributed by atoms with Gasteiger partial charge in [-0.2, -0.15) is 0 Å². The summed E-state index contributed by atoms with van der Waals surface area (Å²) in [5.74, 6) is 1.82. The first-order chi connectivity index (χ1) is 9.33. The van der Waals surface area contributed by atoms with E-state index in [0.717, 1.165) is 30.4 Å². The van der Waals surface area contributed by atoms with E-state index in [1.54, 1.807) is 0 Å². The fraction of sp³-hybridized carbons (Fsp3) is 0.625. The van der Waals surface area contributed by atoms with Crippen LogP contribution in [0.15, 0.2) is 24.3 Å². The average molecular weight is 262 g/mol. The van der Waals surface area contributed by atoms with E-state index in [-0.39, 0.29) is 0 Å². The number of hydrogen-bond acceptors (Lipinski definition) is 3. The first kappa shape index (κ1) is 14.4. The van der Waals surface area contributed by atoms with Crippen LogP contribution in [0.5, 0.6) is 5.75 Å². The highest BCUT2D eigenvalue weighted by Crippen LogP contribution is 2.20. The summed E-state index contributed by atoms with van der Waals surface area (Å²) in [5, 5.41) is 0. The largest absolute Gasteiger partial charge is 0.492 e. The van der Waals surface area contributed by atoms with E-state index >= 15 is 0 Å². The Hall–Kier alpha value is -1.06. The second-order valence-electron chi connectivity index (χ2n) is 5.38. The molecule has 1 saturated heterocycles. The highest BCUT2D eigenvalue weighted by atomic mass is 16.5. The van der Waals surface area contributed by atoms with Crippen molar-refractivity contribution in [1.29, 1.82) is 0 Å². The van der Waals surface area contributed by atoms with Crippen LogP contribution in [0.2, 0.25) is 0 Å². The molecule has 0 aliphatic carbocycles. The molecular formula is C16H26N2O. The summed E-state index contributed by atoms with van der Waals surface area (Å²) in [6.45, 7) is 7.07. The molecule has 0 spiro atoms. The van der Waals surface area contributed by atoms with Gasteiger partial charge in [-0.15, -0.1) is 0 Å². The van der Waals surface area contributed by atoms with Gasteiger partial charge in [-0.1, -0.05) is 31.5 Å². The van der Waals surface area contributed by atoms with E-state index in [0.29, 0.717) is 6.54 Å². The van der Waals surface area contributed by atoms with E-state index in [2.05, 4.69) is 11.8 Å². The van der Waals surface area contributed by atoms with Gasteiger partial charge in [0.2, 0.25) is 0 Å². The monoisotopic (exact) mass is 262 g/mol. The minimum atomic E-state index is 0.539. The first-order valence-corrected chi connectivity index (χ1v) is 7.46. The molecule has 1 unspecified atom stereocenters. The normalized spacial score (nSPS) is 20.4. The molecule has 2 rings (SSSR count). The topological polar surface area (TPSA) is 38.5 Å². The molecule has 1 aromatic carbocycles. The van der Waals surface area contributed by atoms with Crippen LogP contribution in [0, 0.1) is 5.92 Å². The fourth-order valence-electron chi connectivity index (χ4n) is 2.79. The molecule has 0 aromatic heterocycles. The van der Waals surface area contributed by atoms with Crippen molar-refractivity contribution in [3.8, 4) is 5.75 Å². The Morgan fingerprint density at radius 3 is 3.00 bits per heavy atom. The summed E-state index contributed by atoms with van der Waals surface area (Å²) in [7, 11) is 0. The molecule has 106 valence electrons. The van der Waals surface area contributed by atoms with Crippen LogP contribution in [-0.2, 0) is 6.54 Å². The van der Waals surface area contributed by atoms with Crippen molar-refractivity contribution in [2.24, 2.45) is 11.7 Å². The number of likely N-dealkylation sites (tertiary alicyclic amines) is 1. The Morgan fingerprint density at radius 2 is 2.21 bits per heavy atom. The van der Waals surface area contributed by atoms with E-state index in [1.807, 2.05) is 24.3 Å². The van der Waals surface area contributed by atoms with Gasteiger partial charge in [0, 0.05) is 25.2 Å². The Bertz CT molecular complexity index is 381. The van der Waals surface area contributed by atoms with Crippen LogP contribution in [-0.4, -0.2) is 31.1 Å². The summed E-state index contributed by atoms with van der Waals surface area (Å²) >= 11 is 0. The third-order valence-electron chi connectivity index (χ3n) is 4.04. The van der Waals surface area contributed by atoms with E-state index in [1.165, 1.54) is 32.4 Å². The second kappa shape index (κ2) is 7.51. The van der Waals surface area contributed by atoms with E-state index in [9.17, 15) is 0 Å². The van der Waals surface area contributed by atoms with Crippen molar-refractivity contribution in [3.63, 3.8) is 0 Å². The maximum Gasteiger partial charge on any atom is 0.123 e. The quantitative estimate of drug-likeness (QED) is 0.856. The van der Waals surface area contributed by atoms with Gasteiger partial charge >= 0.3 is 0 Å². The number of nitrogens with zero attached hydrogens (tertiary/aromatic N) is 1. The zero-order valence-corrected chi connectivity index (χ0v) is 12.0. The highest BCUT2D eigenvalue weighted by molar-refractivity contribution is 5.32. The van der Waals surface area contributed by atoms with Crippen molar-refractivity contribution >= 4 is 0 Å². The number of hydrogen-bond donors (Lipinski definition) is 1. The van der Waals surface area contributed by atoms with Gasteiger partial charge in [-0.05, 0) is 31.4 Å². The summed E-state index contributed by atoms with van der Waals surface area (Å²) < 4.78 is 5.88. The van der Waals surface area contributed by atoms with Gasteiger partial charge in [0.15, 0.2) is 0 Å². The van der Waals surface area contributed by atoms with Gasteiger partial charge < -0.3 is 10.5 Å². The van der Waals surface area contributed by atoms with Crippen LogP contribution in [0.1, 0.15) is 31.7 Å². The van der Waals surface area contributed by atoms with E-state index < -0.39 is 0 Å². The lowest BCUT2D eigenvalue weighted by Crippen LogP contribution is -2.37. The number of benzene rings is 1. The highest BCUT2D eigenvalue weighted by Gasteiger charge is 2.17. The second-order valence-corrected chi connectivity index (χ2v) is 5.38. The Labute approximate surface area is 116 Å². The number of rotatable bonds is 6. The van der Waals surface area contributed by atoms with Crippen molar-refractivity contribution in [3.05, 3.63) is 29.8 Å². The summed E-state index contributed by atoms with van der Waals surface area (Å²) in [6, 6.07) is 8.05. The SMILES string of the molecule is CCC1CCCN(CCOc2ccccc2CN)C1. The molecule has 1 atom stereocenters. The third kappa shape index (κ3) is 4.22. The van der Waals surface area contributed by atoms with Gasteiger partial charge in [0.05, 0.1) is 0 Å². The smallest absolute Gasteiger partial charge is 0.123 e. The molecule has 0 saturated carbocycles. The predicted molar refractivity (Wildman–Crippen MR) is 79.3 cm³/mol. The van der Waals surface area contributed by atoms with Crippen LogP contribution in [0.3, 0.4) is 0 Å². The van der Waals surface area contributed by atoms with Crippen molar-refractivity contribution in [2.75, 3.05) is 26.2 Å². The predicted octanol–water partition coefficient (Wildman–Crippen LogP) is 2.65. The molecule has 2 N–H and O–H groups in total. The lowest BCUT2D eigenvalue weighted by atomic mass is 9.96. The molecule has 1 heterocycles. The maximum absolute atomic E-state index is 5.88. The number of ether oxygens (including phenoxy) is 1. The molecule has 0 bridgehead atoms. The lowest BCUT2D eigenvalue weighted by Gasteiger charge is -2.32. The van der Waals surface area contributed by atoms with Crippen LogP contribution in [0.25, 0.3) is 0 Å². The third-order valence-corrected chi connectivity index (χ3v) is 4.04. The number of piperidine rings is 1. The molecule has 3 heteroatoms. The maximum atomic E-state index is 5.88. The molecule has 19 heavy (non-hydrogen) atoms. The molecule has 3 nitrogen and oxygen atoms in total. The van der Waals surface area contributed by atoms with Crippen LogP contribution >= 0.6 is 0 Å². The Morgan fingerprint density at radius 1 is 1.37 bits per heavy atom. The standard InChI is InChI=1S/C16H26N2O/c1-2-14-6-5-9-18(13-14)10-11-19-16-8-4-3-7-15(16)12-17/h3-4,7-8,14H,2,5-6,9-13,17H2,1H3. The summed E-state index contributed by atoms with van der Waals surface area (Å²) in [6.07, 6.45) is 4.02. The van der Waals surface area contributed by atoms with Crippen molar-refractivity contribution in [1.82, 2.24) is 4.90 Å². The van der Waals surface area contributed by atoms with Crippen molar-refractivity contribution < 1.29 is 4.74 Å². The van der Waals surface area contributed by atoms with Gasteiger partial charge in [0.25, 0.3) is 0 Å². The molecule has 0 radical (unpaired) electrons. The van der Waals surface area contributed by atoms with Crippen LogP contribution in [0.4, 0.5) is 0 Å². The molecule has 1 aliphatic rings. The molecule has 1 fully saturated rings. The molecule has 0 amide bonds. The Balaban J connectivity index is 1.77. The summed E-state index contributed by atoms with van der Waals surface area (Å²) in [4.78, 5) is 2.53. The zero-order valence-electron chi connectivity index (χ0n) is 12.0. The minimum absolute atomic E-state index is 0.539. The van der Waals surface area contributed by atoms with E-state index in [4.69, 9.17) is 10.5 Å². The van der Waals surface area contributed by atoms with Gasteiger partial charge in [-0.25, -0.2) is 0 Å². The average Bonchev–Trinajstić information content (AvgIpc) is 2.48. The number of para-hydroxylation sites is 1.